The Labute approximate surface area is 141 Å². The third kappa shape index (κ3) is 3.15. The molecule has 1 N–H and O–H groups in total. The zero-order chi connectivity index (χ0) is 17.1. The van der Waals surface area contributed by atoms with Crippen molar-refractivity contribution < 1.29 is 13.7 Å². The van der Waals surface area contributed by atoms with Gasteiger partial charge in [0.2, 0.25) is 0 Å². The van der Waals surface area contributed by atoms with E-state index in [0.29, 0.717) is 17.1 Å². The van der Waals surface area contributed by atoms with Crippen molar-refractivity contribution in [1.29, 1.82) is 0 Å². The molecule has 0 spiro atoms. The molecule has 0 aliphatic heterocycles. The summed E-state index contributed by atoms with van der Waals surface area (Å²) in [7, 11) is 0. The number of hydrogen-bond acceptors (Lipinski definition) is 7. The molecule has 0 aliphatic rings. The van der Waals surface area contributed by atoms with E-state index in [4.69, 9.17) is 8.94 Å². The predicted octanol–water partition coefficient (Wildman–Crippen LogP) is 1.84. The lowest BCUT2D eigenvalue weighted by Gasteiger charge is -2.05. The Morgan fingerprint density at radius 3 is 2.84 bits per heavy atom. The Bertz CT molecular complexity index is 975. The van der Waals surface area contributed by atoms with Gasteiger partial charge in [-0.1, -0.05) is 11.2 Å². The summed E-state index contributed by atoms with van der Waals surface area (Å²) in [6, 6.07) is 10.5. The van der Waals surface area contributed by atoms with Crippen molar-refractivity contribution in [3.05, 3.63) is 66.7 Å². The summed E-state index contributed by atoms with van der Waals surface area (Å²) in [6.07, 6.45) is 4.64. The molecule has 0 saturated heterocycles. The van der Waals surface area contributed by atoms with E-state index in [1.807, 2.05) is 6.07 Å². The molecule has 4 aromatic rings. The minimum Gasteiger partial charge on any atom is -0.459 e. The van der Waals surface area contributed by atoms with Gasteiger partial charge in [-0.05, 0) is 30.3 Å². The lowest BCUT2D eigenvalue weighted by atomic mass is 10.2. The Hall–Kier alpha value is -3.75. The van der Waals surface area contributed by atoms with Crippen LogP contribution in [0, 0.1) is 0 Å². The molecular weight excluding hydrogens is 324 g/mol. The Balaban J connectivity index is 1.43. The zero-order valence-electron chi connectivity index (χ0n) is 12.9. The van der Waals surface area contributed by atoms with Crippen LogP contribution in [0.2, 0.25) is 0 Å². The smallest absolute Gasteiger partial charge is 0.293 e. The van der Waals surface area contributed by atoms with E-state index in [1.165, 1.54) is 6.26 Å². The summed E-state index contributed by atoms with van der Waals surface area (Å²) in [5, 5.41) is 14.1. The van der Waals surface area contributed by atoms with Crippen LogP contribution in [0.4, 0.5) is 0 Å². The van der Waals surface area contributed by atoms with Crippen LogP contribution in [-0.4, -0.2) is 30.8 Å². The first-order valence-electron chi connectivity index (χ1n) is 7.39. The molecule has 4 rings (SSSR count). The first kappa shape index (κ1) is 14.8. The van der Waals surface area contributed by atoms with Crippen molar-refractivity contribution >= 4 is 5.91 Å². The molecule has 124 valence electrons. The quantitative estimate of drug-likeness (QED) is 0.592. The van der Waals surface area contributed by atoms with Gasteiger partial charge in [0.25, 0.3) is 11.8 Å². The lowest BCUT2D eigenvalue weighted by Crippen LogP contribution is -2.23. The van der Waals surface area contributed by atoms with Gasteiger partial charge in [-0.2, -0.15) is 4.98 Å². The van der Waals surface area contributed by atoms with Crippen molar-refractivity contribution in [3.8, 4) is 17.3 Å². The number of rotatable bonds is 5. The molecule has 1 amide bonds. The normalized spacial score (nSPS) is 10.7. The maximum Gasteiger partial charge on any atom is 0.293 e. The van der Waals surface area contributed by atoms with Gasteiger partial charge < -0.3 is 14.3 Å². The van der Waals surface area contributed by atoms with Gasteiger partial charge in [0.1, 0.15) is 12.7 Å². The molecule has 25 heavy (non-hydrogen) atoms. The number of benzene rings is 1. The topological polar surface area (TPSA) is 112 Å². The van der Waals surface area contributed by atoms with Crippen LogP contribution in [0.25, 0.3) is 17.3 Å². The van der Waals surface area contributed by atoms with Gasteiger partial charge >= 0.3 is 0 Å². The summed E-state index contributed by atoms with van der Waals surface area (Å²) in [6.45, 7) is 0.139. The number of hydrogen-bond donors (Lipinski definition) is 1. The second-order valence-electron chi connectivity index (χ2n) is 5.10. The fourth-order valence-electron chi connectivity index (χ4n) is 2.23. The number of furan rings is 1. The molecular formula is C16H12N6O3. The fourth-order valence-corrected chi connectivity index (χ4v) is 2.23. The average molecular weight is 336 g/mol. The Kier molecular flexibility index (Phi) is 3.79. The molecule has 0 saturated carbocycles. The molecule has 0 radical (unpaired) electrons. The van der Waals surface area contributed by atoms with Gasteiger partial charge in [-0.3, -0.25) is 9.36 Å². The number of aromatic nitrogens is 5. The van der Waals surface area contributed by atoms with Gasteiger partial charge in [0, 0.05) is 11.3 Å². The summed E-state index contributed by atoms with van der Waals surface area (Å²) >= 11 is 0. The molecule has 9 nitrogen and oxygen atoms in total. The fraction of sp³-hybridized carbons (Fsp3) is 0.0625. The van der Waals surface area contributed by atoms with Crippen molar-refractivity contribution in [2.75, 3.05) is 0 Å². The van der Waals surface area contributed by atoms with Crippen LogP contribution in [-0.2, 0) is 6.54 Å². The highest BCUT2D eigenvalue weighted by atomic mass is 16.5. The molecule has 0 atom stereocenters. The zero-order valence-corrected chi connectivity index (χ0v) is 12.9. The highest BCUT2D eigenvalue weighted by molar-refractivity contribution is 5.94. The molecule has 0 unspecified atom stereocenters. The molecule has 3 heterocycles. The van der Waals surface area contributed by atoms with Gasteiger partial charge in [-0.15, -0.1) is 10.2 Å². The highest BCUT2D eigenvalue weighted by Crippen LogP contribution is 2.17. The summed E-state index contributed by atoms with van der Waals surface area (Å²) < 4.78 is 12.0. The predicted molar refractivity (Wildman–Crippen MR) is 84.5 cm³/mol. The Morgan fingerprint density at radius 1 is 1.16 bits per heavy atom. The molecule has 1 aromatic carbocycles. The molecule has 0 aliphatic carbocycles. The second-order valence-corrected chi connectivity index (χ2v) is 5.10. The van der Waals surface area contributed by atoms with Crippen LogP contribution in [0.3, 0.4) is 0 Å². The maximum atomic E-state index is 12.3. The van der Waals surface area contributed by atoms with Crippen LogP contribution >= 0.6 is 0 Å². The summed E-state index contributed by atoms with van der Waals surface area (Å²) in [5.74, 6) is 0.851. The van der Waals surface area contributed by atoms with Crippen molar-refractivity contribution in [1.82, 2.24) is 30.2 Å². The van der Waals surface area contributed by atoms with E-state index in [2.05, 4.69) is 25.7 Å². The third-order valence-electron chi connectivity index (χ3n) is 3.43. The maximum absolute atomic E-state index is 12.3. The largest absolute Gasteiger partial charge is 0.459 e. The Morgan fingerprint density at radius 2 is 2.04 bits per heavy atom. The summed E-state index contributed by atoms with van der Waals surface area (Å²) in [4.78, 5) is 16.5. The molecule has 0 fully saturated rings. The van der Waals surface area contributed by atoms with E-state index >= 15 is 0 Å². The van der Waals surface area contributed by atoms with E-state index in [-0.39, 0.29) is 18.3 Å². The van der Waals surface area contributed by atoms with E-state index in [1.54, 1.807) is 47.6 Å². The van der Waals surface area contributed by atoms with E-state index < -0.39 is 0 Å². The van der Waals surface area contributed by atoms with Crippen molar-refractivity contribution in [2.24, 2.45) is 0 Å². The van der Waals surface area contributed by atoms with Crippen LogP contribution in [0.15, 0.2) is 64.3 Å². The number of carbonyl (C=O) groups excluding carboxylic acids is 1. The van der Waals surface area contributed by atoms with Crippen LogP contribution in [0.1, 0.15) is 16.2 Å². The first-order chi connectivity index (χ1) is 12.3. The van der Waals surface area contributed by atoms with Gasteiger partial charge in [0.05, 0.1) is 12.8 Å². The number of nitrogens with zero attached hydrogens (tertiary/aromatic N) is 5. The number of carbonyl (C=O) groups is 1. The van der Waals surface area contributed by atoms with Crippen LogP contribution < -0.4 is 5.32 Å². The van der Waals surface area contributed by atoms with Crippen LogP contribution in [0.5, 0.6) is 0 Å². The van der Waals surface area contributed by atoms with Crippen molar-refractivity contribution in [3.63, 3.8) is 0 Å². The van der Waals surface area contributed by atoms with E-state index in [9.17, 15) is 4.79 Å². The van der Waals surface area contributed by atoms with E-state index in [0.717, 1.165) is 5.69 Å². The second kappa shape index (κ2) is 6.40. The minimum absolute atomic E-state index is 0.139. The SMILES string of the molecule is O=C(NCc1noc(-c2ccco2)n1)c1cccc(-n2cnnc2)c1. The van der Waals surface area contributed by atoms with Crippen molar-refractivity contribution in [2.45, 2.75) is 6.54 Å². The standard InChI is InChI=1S/C16H12N6O3/c23-15(11-3-1-4-12(7-11)22-9-18-19-10-22)17-8-14-20-16(25-21-14)13-5-2-6-24-13/h1-7,9-10H,8H2,(H,17,23). The number of nitrogens with one attached hydrogen (secondary N) is 1. The minimum atomic E-state index is -0.251. The lowest BCUT2D eigenvalue weighted by molar-refractivity contribution is 0.0949. The first-order valence-corrected chi connectivity index (χ1v) is 7.39. The monoisotopic (exact) mass is 336 g/mol. The number of amides is 1. The molecule has 9 heteroatoms. The van der Waals surface area contributed by atoms with Gasteiger partial charge in [-0.25, -0.2) is 0 Å². The molecule has 3 aromatic heterocycles. The van der Waals surface area contributed by atoms with Gasteiger partial charge in [0.15, 0.2) is 11.6 Å². The average Bonchev–Trinajstić information content (AvgIpc) is 3.42. The summed E-state index contributed by atoms with van der Waals surface area (Å²) in [5.41, 5.74) is 1.29. The third-order valence-corrected chi connectivity index (χ3v) is 3.43. The highest BCUT2D eigenvalue weighted by Gasteiger charge is 2.13. The molecule has 0 bridgehead atoms.